The van der Waals surface area contributed by atoms with Crippen molar-refractivity contribution >= 4 is 0 Å². The van der Waals surface area contributed by atoms with Crippen LogP contribution in [0.3, 0.4) is 0 Å². The molecule has 0 amide bonds. The number of hydrogen-bond donors (Lipinski definition) is 1. The van der Waals surface area contributed by atoms with Gasteiger partial charge in [-0.05, 0) is 0 Å². The van der Waals surface area contributed by atoms with E-state index in [4.69, 9.17) is 4.98 Å². The van der Waals surface area contributed by atoms with Gasteiger partial charge in [0, 0.05) is 63.0 Å². The minimum atomic E-state index is 0.0684. The largest absolute Gasteiger partial charge is 0.338 e. The molecule has 2 aromatic heterocycles. The third-order valence-electron chi connectivity index (χ3n) is 4.14. The molecule has 0 aromatic carbocycles. The lowest BCUT2D eigenvalue weighted by atomic mass is 9.95. The van der Waals surface area contributed by atoms with E-state index in [0.29, 0.717) is 0 Å². The Labute approximate surface area is 126 Å². The molecule has 21 heavy (non-hydrogen) atoms. The van der Waals surface area contributed by atoms with Gasteiger partial charge in [-0.25, -0.2) is 9.97 Å². The van der Waals surface area contributed by atoms with Crippen LogP contribution in [0.25, 0.3) is 0 Å². The Bertz CT molecular complexity index is 630. The van der Waals surface area contributed by atoms with E-state index in [-0.39, 0.29) is 5.41 Å². The molecule has 0 spiro atoms. The van der Waals surface area contributed by atoms with Gasteiger partial charge in [0.2, 0.25) is 0 Å². The second kappa shape index (κ2) is 5.30. The third kappa shape index (κ3) is 2.75. The fraction of sp³-hybridized carbons (Fsp3) is 0.625. The maximum absolute atomic E-state index is 4.92. The van der Waals surface area contributed by atoms with Crippen molar-refractivity contribution in [3.05, 3.63) is 35.4 Å². The van der Waals surface area contributed by atoms with Crippen LogP contribution in [0.1, 0.15) is 43.8 Å². The highest BCUT2D eigenvalue weighted by Crippen LogP contribution is 2.26. The van der Waals surface area contributed by atoms with Crippen molar-refractivity contribution in [2.24, 2.45) is 7.05 Å². The first-order chi connectivity index (χ1) is 9.97. The van der Waals surface area contributed by atoms with Gasteiger partial charge in [-0.2, -0.15) is 0 Å². The molecule has 0 radical (unpaired) electrons. The summed E-state index contributed by atoms with van der Waals surface area (Å²) in [6, 6.07) is 0. The Balaban J connectivity index is 1.92. The minimum Gasteiger partial charge on any atom is -0.338 e. The van der Waals surface area contributed by atoms with Crippen LogP contribution < -0.4 is 5.32 Å². The van der Waals surface area contributed by atoms with Crippen molar-refractivity contribution in [1.29, 1.82) is 0 Å². The molecule has 0 saturated carbocycles. The van der Waals surface area contributed by atoms with Crippen LogP contribution in [0, 0.1) is 0 Å². The first-order valence-corrected chi connectivity index (χ1v) is 7.72. The summed E-state index contributed by atoms with van der Waals surface area (Å²) in [4.78, 5) is 9.35. The predicted octanol–water partition coefficient (Wildman–Crippen LogP) is 1.80. The molecule has 2 aromatic rings. The zero-order chi connectivity index (χ0) is 15.0. The molecular weight excluding hydrogens is 262 g/mol. The van der Waals surface area contributed by atoms with Crippen molar-refractivity contribution in [2.45, 2.75) is 52.1 Å². The first kappa shape index (κ1) is 14.3. The lowest BCUT2D eigenvalue weighted by Crippen LogP contribution is -2.26. The number of aryl methyl sites for hydroxylation is 2. The minimum absolute atomic E-state index is 0.0684. The van der Waals surface area contributed by atoms with Crippen LogP contribution in [0.2, 0.25) is 0 Å². The highest BCUT2D eigenvalue weighted by Gasteiger charge is 2.26. The van der Waals surface area contributed by atoms with Crippen molar-refractivity contribution in [3.63, 3.8) is 0 Å². The third-order valence-corrected chi connectivity index (χ3v) is 4.14. The molecule has 0 aliphatic carbocycles. The zero-order valence-electron chi connectivity index (χ0n) is 13.5. The fourth-order valence-corrected chi connectivity index (χ4v) is 3.03. The Morgan fingerprint density at radius 1 is 1.33 bits per heavy atom. The molecule has 0 fully saturated rings. The molecule has 5 heteroatoms. The number of hydrogen-bond acceptors (Lipinski definition) is 3. The van der Waals surface area contributed by atoms with Crippen molar-refractivity contribution in [1.82, 2.24) is 24.4 Å². The normalized spacial score (nSPS) is 15.2. The molecule has 1 aliphatic rings. The van der Waals surface area contributed by atoms with E-state index in [9.17, 15) is 0 Å². The fourth-order valence-electron chi connectivity index (χ4n) is 3.03. The molecule has 5 nitrogen and oxygen atoms in total. The summed E-state index contributed by atoms with van der Waals surface area (Å²) < 4.78 is 4.53. The maximum atomic E-state index is 4.92. The van der Waals surface area contributed by atoms with E-state index in [2.05, 4.69) is 47.3 Å². The Morgan fingerprint density at radius 3 is 2.81 bits per heavy atom. The second-order valence-electron chi connectivity index (χ2n) is 6.86. The van der Waals surface area contributed by atoms with Gasteiger partial charge in [-0.15, -0.1) is 0 Å². The van der Waals surface area contributed by atoms with Gasteiger partial charge in [0.05, 0.1) is 5.69 Å². The van der Waals surface area contributed by atoms with Crippen LogP contribution in [0.4, 0.5) is 0 Å². The Morgan fingerprint density at radius 2 is 2.14 bits per heavy atom. The first-order valence-electron chi connectivity index (χ1n) is 7.72. The van der Waals surface area contributed by atoms with Crippen LogP contribution in [-0.4, -0.2) is 25.6 Å². The van der Waals surface area contributed by atoms with E-state index in [1.54, 1.807) is 0 Å². The number of nitrogens with one attached hydrogen (secondary N) is 1. The number of aromatic nitrogens is 4. The maximum Gasteiger partial charge on any atom is 0.114 e. The van der Waals surface area contributed by atoms with Crippen molar-refractivity contribution in [2.75, 3.05) is 6.54 Å². The average molecular weight is 287 g/mol. The summed E-state index contributed by atoms with van der Waals surface area (Å²) in [5, 5.41) is 3.42. The smallest absolute Gasteiger partial charge is 0.114 e. The molecular formula is C16H25N5. The van der Waals surface area contributed by atoms with Gasteiger partial charge < -0.3 is 14.5 Å². The van der Waals surface area contributed by atoms with E-state index in [1.165, 1.54) is 17.2 Å². The van der Waals surface area contributed by atoms with Gasteiger partial charge in [0.15, 0.2) is 0 Å². The number of fused-ring (bicyclic) bond motifs is 1. The highest BCUT2D eigenvalue weighted by atomic mass is 15.1. The SMILES string of the molecule is Cn1ccnc1CCn1c(C(C)(C)C)nc2c1CCNC2. The molecule has 0 unspecified atom stereocenters. The summed E-state index contributed by atoms with van der Waals surface area (Å²) >= 11 is 0. The zero-order valence-corrected chi connectivity index (χ0v) is 13.5. The summed E-state index contributed by atoms with van der Waals surface area (Å²) in [5.41, 5.74) is 2.71. The summed E-state index contributed by atoms with van der Waals surface area (Å²) in [7, 11) is 2.06. The van der Waals surface area contributed by atoms with Crippen molar-refractivity contribution in [3.8, 4) is 0 Å². The van der Waals surface area contributed by atoms with Gasteiger partial charge in [0.25, 0.3) is 0 Å². The Kier molecular flexibility index (Phi) is 3.61. The molecule has 1 aliphatic heterocycles. The standard InChI is InChI=1S/C16H25N5/c1-16(2,3)15-19-12-11-17-7-5-13(12)21(15)9-6-14-18-8-10-20(14)4/h8,10,17H,5-7,9,11H2,1-4H3. The average Bonchev–Trinajstić information content (AvgIpc) is 2.99. The molecule has 3 rings (SSSR count). The molecule has 0 bridgehead atoms. The monoisotopic (exact) mass is 287 g/mol. The Hall–Kier alpha value is -1.62. The lowest BCUT2D eigenvalue weighted by molar-refractivity contribution is 0.484. The highest BCUT2D eigenvalue weighted by molar-refractivity contribution is 5.23. The van der Waals surface area contributed by atoms with E-state index in [1.807, 2.05) is 12.4 Å². The summed E-state index contributed by atoms with van der Waals surface area (Å²) in [6.07, 6.45) is 5.89. The van der Waals surface area contributed by atoms with Crippen LogP contribution >= 0.6 is 0 Å². The van der Waals surface area contributed by atoms with Crippen LogP contribution in [-0.2, 0) is 38.4 Å². The summed E-state index contributed by atoms with van der Waals surface area (Å²) in [6.45, 7) is 9.63. The van der Waals surface area contributed by atoms with Gasteiger partial charge >= 0.3 is 0 Å². The van der Waals surface area contributed by atoms with Gasteiger partial charge in [0.1, 0.15) is 11.6 Å². The van der Waals surface area contributed by atoms with Crippen LogP contribution in [0.15, 0.2) is 12.4 Å². The molecule has 1 N–H and O–H groups in total. The lowest BCUT2D eigenvalue weighted by Gasteiger charge is -2.22. The number of imidazole rings is 2. The van der Waals surface area contributed by atoms with Gasteiger partial charge in [-0.1, -0.05) is 20.8 Å². The van der Waals surface area contributed by atoms with Crippen molar-refractivity contribution < 1.29 is 0 Å². The van der Waals surface area contributed by atoms with E-state index in [0.717, 1.165) is 38.3 Å². The quantitative estimate of drug-likeness (QED) is 0.936. The predicted molar refractivity (Wildman–Crippen MR) is 83.2 cm³/mol. The molecule has 3 heterocycles. The molecule has 0 saturated heterocycles. The molecule has 114 valence electrons. The van der Waals surface area contributed by atoms with Crippen LogP contribution in [0.5, 0.6) is 0 Å². The number of nitrogens with zero attached hydrogens (tertiary/aromatic N) is 4. The molecule has 0 atom stereocenters. The second-order valence-corrected chi connectivity index (χ2v) is 6.86. The van der Waals surface area contributed by atoms with E-state index >= 15 is 0 Å². The summed E-state index contributed by atoms with van der Waals surface area (Å²) in [5.74, 6) is 2.33. The van der Waals surface area contributed by atoms with Gasteiger partial charge in [-0.3, -0.25) is 0 Å². The number of rotatable bonds is 3. The van der Waals surface area contributed by atoms with E-state index < -0.39 is 0 Å². The topological polar surface area (TPSA) is 47.7 Å².